The van der Waals surface area contributed by atoms with E-state index < -0.39 is 24.3 Å². The minimum absolute atomic E-state index is 0.0220. The summed E-state index contributed by atoms with van der Waals surface area (Å²) in [7, 11) is 1.50. The highest BCUT2D eigenvalue weighted by Crippen LogP contribution is 2.28. The number of methoxy groups -OCH3 is 1. The number of aryl methyl sites for hydroxylation is 1. The van der Waals surface area contributed by atoms with Crippen molar-refractivity contribution in [3.63, 3.8) is 0 Å². The zero-order chi connectivity index (χ0) is 23.3. The second kappa shape index (κ2) is 13.6. The van der Waals surface area contributed by atoms with E-state index in [2.05, 4.69) is 17.9 Å². The Morgan fingerprint density at radius 3 is 2.34 bits per heavy atom. The summed E-state index contributed by atoms with van der Waals surface area (Å²) < 4.78 is 21.8. The van der Waals surface area contributed by atoms with Crippen molar-refractivity contribution in [3.8, 4) is 5.75 Å². The Hall–Kier alpha value is -2.75. The largest absolute Gasteiger partial charge is 0.491 e. The van der Waals surface area contributed by atoms with Gasteiger partial charge in [0.1, 0.15) is 18.5 Å². The van der Waals surface area contributed by atoms with Crippen molar-refractivity contribution in [2.24, 2.45) is 0 Å². The molecule has 174 valence electrons. The van der Waals surface area contributed by atoms with Crippen molar-refractivity contribution in [2.75, 3.05) is 38.0 Å². The number of hydrogen-bond acceptors (Lipinski definition) is 8. The van der Waals surface area contributed by atoms with Crippen molar-refractivity contribution in [1.82, 2.24) is 0 Å². The van der Waals surface area contributed by atoms with Crippen LogP contribution in [-0.4, -0.2) is 56.0 Å². The molecule has 0 aliphatic rings. The number of anilines is 1. The number of esters is 1. The molecule has 0 heterocycles. The monoisotopic (exact) mass is 463 g/mol. The molecule has 2 aromatic carbocycles. The summed E-state index contributed by atoms with van der Waals surface area (Å²) in [5.41, 5.74) is 2.34. The molecule has 0 aromatic heterocycles. The minimum Gasteiger partial charge on any atom is -0.491 e. The molecule has 0 fully saturated rings. The van der Waals surface area contributed by atoms with E-state index in [0.29, 0.717) is 23.4 Å². The summed E-state index contributed by atoms with van der Waals surface area (Å²) in [5, 5.41) is 11.6. The molecule has 0 aliphatic heterocycles. The first kappa shape index (κ1) is 25.5. The second-order valence-corrected chi connectivity index (χ2v) is 7.22. The van der Waals surface area contributed by atoms with E-state index in [-0.39, 0.29) is 25.6 Å². The van der Waals surface area contributed by atoms with Crippen molar-refractivity contribution < 1.29 is 33.6 Å². The molecule has 2 aromatic rings. The molecule has 1 amide bonds. The maximum Gasteiger partial charge on any atom is 0.412 e. The van der Waals surface area contributed by atoms with Crippen LogP contribution in [-0.2, 0) is 19.0 Å². The van der Waals surface area contributed by atoms with Gasteiger partial charge in [0.25, 0.3) is 0 Å². The Morgan fingerprint density at radius 1 is 1.06 bits per heavy atom. The molecule has 0 unspecified atom stereocenters. The minimum atomic E-state index is -0.771. The topological polar surface area (TPSA) is 103 Å². The molecule has 2 rings (SSSR count). The molecule has 0 saturated carbocycles. The summed E-state index contributed by atoms with van der Waals surface area (Å²) in [5.74, 6) is 0.108. The first-order valence-electron chi connectivity index (χ1n) is 10.1. The summed E-state index contributed by atoms with van der Waals surface area (Å²) in [6.45, 7) is 2.13. The molecule has 9 heteroatoms. The highest BCUT2D eigenvalue weighted by atomic mass is 32.1. The van der Waals surface area contributed by atoms with Crippen LogP contribution in [0.5, 0.6) is 5.75 Å². The van der Waals surface area contributed by atoms with E-state index in [1.54, 1.807) is 36.4 Å². The average molecular weight is 464 g/mol. The molecule has 32 heavy (non-hydrogen) atoms. The Labute approximate surface area is 193 Å². The van der Waals surface area contributed by atoms with Gasteiger partial charge >= 0.3 is 12.1 Å². The maximum atomic E-state index is 12.6. The van der Waals surface area contributed by atoms with Crippen LogP contribution < -0.4 is 10.1 Å². The van der Waals surface area contributed by atoms with Crippen LogP contribution in [0.15, 0.2) is 48.5 Å². The van der Waals surface area contributed by atoms with Crippen LogP contribution in [0.4, 0.5) is 10.5 Å². The molecule has 0 aliphatic carbocycles. The first-order valence-corrected chi connectivity index (χ1v) is 10.8. The van der Waals surface area contributed by atoms with Gasteiger partial charge in [0, 0.05) is 19.2 Å². The molecular formula is C23H29NO7S. The molecule has 2 atom stereocenters. The number of carbonyl (C=O) groups excluding carboxylic acids is 2. The van der Waals surface area contributed by atoms with E-state index in [0.717, 1.165) is 5.56 Å². The zero-order valence-electron chi connectivity index (χ0n) is 18.2. The fourth-order valence-corrected chi connectivity index (χ4v) is 2.99. The Morgan fingerprint density at radius 2 is 1.75 bits per heavy atom. The predicted octanol–water partition coefficient (Wildman–Crippen LogP) is 3.53. The third-order valence-corrected chi connectivity index (χ3v) is 4.79. The van der Waals surface area contributed by atoms with E-state index in [4.69, 9.17) is 24.1 Å². The van der Waals surface area contributed by atoms with E-state index >= 15 is 0 Å². The number of aliphatic hydroxyl groups excluding tert-OH is 1. The zero-order valence-corrected chi connectivity index (χ0v) is 19.0. The predicted molar refractivity (Wildman–Crippen MR) is 123 cm³/mol. The molecule has 2 N–H and O–H groups in total. The van der Waals surface area contributed by atoms with Gasteiger partial charge < -0.3 is 24.1 Å². The van der Waals surface area contributed by atoms with Gasteiger partial charge in [0.15, 0.2) is 6.10 Å². The Bertz CT molecular complexity index is 842. The van der Waals surface area contributed by atoms with Gasteiger partial charge in [0.2, 0.25) is 0 Å². The number of aliphatic hydroxyl groups is 1. The van der Waals surface area contributed by atoms with Gasteiger partial charge in [-0.3, -0.25) is 10.1 Å². The lowest BCUT2D eigenvalue weighted by molar-refractivity contribution is -0.141. The Balaban J connectivity index is 2.15. The fourth-order valence-electron chi connectivity index (χ4n) is 2.90. The fraction of sp³-hybridized carbons (Fsp3) is 0.391. The van der Waals surface area contributed by atoms with Crippen molar-refractivity contribution >= 4 is 30.4 Å². The molecule has 0 bridgehead atoms. The van der Waals surface area contributed by atoms with Crippen molar-refractivity contribution in [2.45, 2.75) is 25.6 Å². The normalized spacial score (nSPS) is 12.5. The number of carbonyl (C=O) groups is 2. The summed E-state index contributed by atoms with van der Waals surface area (Å²) in [4.78, 5) is 24.0. The van der Waals surface area contributed by atoms with Crippen molar-refractivity contribution in [1.29, 1.82) is 0 Å². The molecule has 8 nitrogen and oxygen atoms in total. The second-order valence-electron chi connectivity index (χ2n) is 6.90. The standard InChI is InChI=1S/C23H29NO7S/c1-16-3-7-18(8-4-16)24-23(27)31-22(20(28-2)11-13-30-21(26)15-32)17-5-9-19(10-6-17)29-14-12-25/h3-10,20,22,25,32H,11-15H2,1-2H3,(H,24,27)/t20-,22-/m0/s1. The number of rotatable bonds is 12. The lowest BCUT2D eigenvalue weighted by Gasteiger charge is -2.26. The number of amides is 1. The summed E-state index contributed by atoms with van der Waals surface area (Å²) >= 11 is 3.88. The SMILES string of the molecule is CO[C@@H](CCOC(=O)CS)[C@@H](OC(=O)Nc1ccc(C)cc1)c1ccc(OCCO)cc1. The van der Waals surface area contributed by atoms with Crippen LogP contribution in [0.3, 0.4) is 0 Å². The number of hydrogen-bond donors (Lipinski definition) is 3. The lowest BCUT2D eigenvalue weighted by atomic mass is 10.0. The van der Waals surface area contributed by atoms with Crippen LogP contribution >= 0.6 is 12.6 Å². The molecule has 0 saturated heterocycles. The van der Waals surface area contributed by atoms with Crippen LogP contribution in [0.2, 0.25) is 0 Å². The number of ether oxygens (including phenoxy) is 4. The number of benzene rings is 2. The average Bonchev–Trinajstić information content (AvgIpc) is 2.81. The molecule has 0 radical (unpaired) electrons. The Kier molecular flexibility index (Phi) is 10.9. The van der Waals surface area contributed by atoms with Crippen LogP contribution in [0.25, 0.3) is 0 Å². The molecule has 0 spiro atoms. The lowest BCUT2D eigenvalue weighted by Crippen LogP contribution is -2.29. The summed E-state index contributed by atoms with van der Waals surface area (Å²) in [6.07, 6.45) is -1.68. The van der Waals surface area contributed by atoms with Crippen LogP contribution in [0, 0.1) is 6.92 Å². The molecular weight excluding hydrogens is 434 g/mol. The van der Waals surface area contributed by atoms with Gasteiger partial charge in [-0.25, -0.2) is 4.79 Å². The highest BCUT2D eigenvalue weighted by Gasteiger charge is 2.28. The van der Waals surface area contributed by atoms with Crippen molar-refractivity contribution in [3.05, 3.63) is 59.7 Å². The van der Waals surface area contributed by atoms with Gasteiger partial charge in [-0.2, -0.15) is 12.6 Å². The highest BCUT2D eigenvalue weighted by molar-refractivity contribution is 7.81. The van der Waals surface area contributed by atoms with Crippen LogP contribution in [0.1, 0.15) is 23.7 Å². The van der Waals surface area contributed by atoms with Gasteiger partial charge in [-0.05, 0) is 36.8 Å². The van der Waals surface area contributed by atoms with E-state index in [1.807, 2.05) is 19.1 Å². The third-order valence-electron chi connectivity index (χ3n) is 4.54. The van der Waals surface area contributed by atoms with Gasteiger partial charge in [-0.15, -0.1) is 0 Å². The van der Waals surface area contributed by atoms with E-state index in [1.165, 1.54) is 7.11 Å². The van der Waals surface area contributed by atoms with Gasteiger partial charge in [0.05, 0.1) is 19.0 Å². The number of nitrogens with one attached hydrogen (secondary N) is 1. The maximum absolute atomic E-state index is 12.6. The third kappa shape index (κ3) is 8.41. The van der Waals surface area contributed by atoms with E-state index in [9.17, 15) is 9.59 Å². The van der Waals surface area contributed by atoms with Gasteiger partial charge in [-0.1, -0.05) is 29.8 Å². The summed E-state index contributed by atoms with van der Waals surface area (Å²) in [6, 6.07) is 14.3. The quantitative estimate of drug-likeness (QED) is 0.327. The first-order chi connectivity index (χ1) is 15.5. The number of thiol groups is 1. The smallest absolute Gasteiger partial charge is 0.412 e.